The molecule has 7 heteroatoms. The lowest BCUT2D eigenvalue weighted by Gasteiger charge is -2.21. The van der Waals surface area contributed by atoms with Crippen molar-refractivity contribution >= 4 is 28.6 Å². The van der Waals surface area contributed by atoms with Gasteiger partial charge in [-0.05, 0) is 30.9 Å². The van der Waals surface area contributed by atoms with E-state index in [1.807, 2.05) is 18.2 Å². The van der Waals surface area contributed by atoms with Crippen LogP contribution in [0.3, 0.4) is 0 Å². The van der Waals surface area contributed by atoms with Crippen LogP contribution >= 0.6 is 11.8 Å². The Morgan fingerprint density at radius 3 is 2.85 bits per heavy atom. The van der Waals surface area contributed by atoms with E-state index >= 15 is 0 Å². The Hall–Kier alpha value is -1.86. The molecule has 1 N–H and O–H groups in total. The van der Waals surface area contributed by atoms with Crippen molar-refractivity contribution in [1.29, 1.82) is 0 Å². The van der Waals surface area contributed by atoms with Crippen molar-refractivity contribution in [3.8, 4) is 0 Å². The van der Waals surface area contributed by atoms with Crippen molar-refractivity contribution in [1.82, 2.24) is 14.9 Å². The normalized spacial score (nSPS) is 15.1. The van der Waals surface area contributed by atoms with Crippen LogP contribution in [-0.4, -0.2) is 41.5 Å². The Balaban J connectivity index is 1.67. The minimum atomic E-state index is -0.0947. The van der Waals surface area contributed by atoms with Gasteiger partial charge >= 0.3 is 0 Å². The lowest BCUT2D eigenvalue weighted by molar-refractivity contribution is -0.118. The third kappa shape index (κ3) is 5.32. The van der Waals surface area contributed by atoms with Gasteiger partial charge in [0.15, 0.2) is 5.16 Å². The largest absolute Gasteiger partial charge is 0.383 e. The van der Waals surface area contributed by atoms with Gasteiger partial charge in [-0.15, -0.1) is 0 Å². The number of hydrogen-bond acceptors (Lipinski definition) is 5. The van der Waals surface area contributed by atoms with E-state index in [2.05, 4.69) is 10.3 Å². The van der Waals surface area contributed by atoms with Crippen molar-refractivity contribution < 1.29 is 9.53 Å². The number of carbonyl (C=O) groups is 1. The van der Waals surface area contributed by atoms with Crippen LogP contribution in [0, 0.1) is 5.92 Å². The smallest absolute Gasteiger partial charge is 0.262 e. The summed E-state index contributed by atoms with van der Waals surface area (Å²) in [7, 11) is 1.60. The van der Waals surface area contributed by atoms with Crippen molar-refractivity contribution in [2.45, 2.75) is 43.8 Å². The van der Waals surface area contributed by atoms with Crippen molar-refractivity contribution in [3.63, 3.8) is 0 Å². The number of amides is 1. The third-order valence-corrected chi connectivity index (χ3v) is 5.97. The topological polar surface area (TPSA) is 73.2 Å². The van der Waals surface area contributed by atoms with Gasteiger partial charge in [0.05, 0.1) is 29.8 Å². The number of methoxy groups -OCH3 is 1. The zero-order valence-electron chi connectivity index (χ0n) is 15.8. The Bertz CT molecular complexity index is 831. The number of nitrogens with zero attached hydrogens (tertiary/aromatic N) is 2. The fourth-order valence-corrected chi connectivity index (χ4v) is 4.32. The Morgan fingerprint density at radius 1 is 1.30 bits per heavy atom. The molecule has 1 aromatic carbocycles. The summed E-state index contributed by atoms with van der Waals surface area (Å²) in [5, 5.41) is 4.18. The molecule has 146 valence electrons. The number of rotatable bonds is 8. The first-order valence-corrected chi connectivity index (χ1v) is 10.6. The standard InChI is InChI=1S/C20H27N3O3S/c1-26-12-11-23-19(25)16-9-5-6-10-17(16)22-20(23)27-14-18(24)21-13-15-7-3-2-4-8-15/h5-6,9-10,15H,2-4,7-8,11-14H2,1H3,(H,21,24). The van der Waals surface area contributed by atoms with Crippen LogP contribution in [0.1, 0.15) is 32.1 Å². The highest BCUT2D eigenvalue weighted by molar-refractivity contribution is 7.99. The number of thioether (sulfide) groups is 1. The highest BCUT2D eigenvalue weighted by Gasteiger charge is 2.16. The van der Waals surface area contributed by atoms with Gasteiger partial charge in [-0.3, -0.25) is 14.2 Å². The summed E-state index contributed by atoms with van der Waals surface area (Å²) in [6, 6.07) is 7.29. The van der Waals surface area contributed by atoms with Gasteiger partial charge < -0.3 is 10.1 Å². The number of para-hydroxylation sites is 1. The number of nitrogens with one attached hydrogen (secondary N) is 1. The summed E-state index contributed by atoms with van der Waals surface area (Å²) in [5.41, 5.74) is 0.559. The molecule has 1 amide bonds. The SMILES string of the molecule is COCCn1c(SCC(=O)NCC2CCCCC2)nc2ccccc2c1=O. The van der Waals surface area contributed by atoms with Gasteiger partial charge in [0.1, 0.15) is 0 Å². The van der Waals surface area contributed by atoms with E-state index in [-0.39, 0.29) is 17.2 Å². The van der Waals surface area contributed by atoms with E-state index in [0.29, 0.717) is 35.1 Å². The minimum absolute atomic E-state index is 0.00808. The molecular formula is C20H27N3O3S. The van der Waals surface area contributed by atoms with Gasteiger partial charge in [-0.2, -0.15) is 0 Å². The maximum absolute atomic E-state index is 12.8. The average molecular weight is 390 g/mol. The third-order valence-electron chi connectivity index (χ3n) is 4.99. The van der Waals surface area contributed by atoms with Crippen LogP contribution in [0.25, 0.3) is 10.9 Å². The summed E-state index contributed by atoms with van der Waals surface area (Å²) >= 11 is 1.31. The maximum Gasteiger partial charge on any atom is 0.262 e. The van der Waals surface area contributed by atoms with Gasteiger partial charge in [-0.1, -0.05) is 43.2 Å². The van der Waals surface area contributed by atoms with E-state index < -0.39 is 0 Å². The highest BCUT2D eigenvalue weighted by Crippen LogP contribution is 2.23. The highest BCUT2D eigenvalue weighted by atomic mass is 32.2. The minimum Gasteiger partial charge on any atom is -0.383 e. The fraction of sp³-hybridized carbons (Fsp3) is 0.550. The molecule has 0 spiro atoms. The number of benzene rings is 1. The monoisotopic (exact) mass is 389 g/mol. The molecule has 0 aliphatic heterocycles. The molecule has 0 radical (unpaired) electrons. The first kappa shape index (κ1) is 19.9. The molecule has 1 fully saturated rings. The Labute approximate surface area is 163 Å². The molecule has 1 aromatic heterocycles. The van der Waals surface area contributed by atoms with Gasteiger partial charge in [-0.25, -0.2) is 4.98 Å². The Morgan fingerprint density at radius 2 is 2.07 bits per heavy atom. The van der Waals surface area contributed by atoms with E-state index in [1.54, 1.807) is 17.7 Å². The van der Waals surface area contributed by atoms with E-state index in [9.17, 15) is 9.59 Å². The van der Waals surface area contributed by atoms with Crippen molar-refractivity contribution in [2.24, 2.45) is 5.92 Å². The van der Waals surface area contributed by atoms with Crippen LogP contribution in [0.5, 0.6) is 0 Å². The maximum atomic E-state index is 12.8. The first-order valence-electron chi connectivity index (χ1n) is 9.57. The molecule has 0 unspecified atom stereocenters. The quantitative estimate of drug-likeness (QED) is 0.555. The molecule has 27 heavy (non-hydrogen) atoms. The summed E-state index contributed by atoms with van der Waals surface area (Å²) < 4.78 is 6.73. The van der Waals surface area contributed by atoms with E-state index in [0.717, 1.165) is 6.54 Å². The molecule has 6 nitrogen and oxygen atoms in total. The lowest BCUT2D eigenvalue weighted by Crippen LogP contribution is -2.32. The van der Waals surface area contributed by atoms with Gasteiger partial charge in [0.25, 0.3) is 5.56 Å². The summed E-state index contributed by atoms with van der Waals surface area (Å²) in [4.78, 5) is 29.6. The van der Waals surface area contributed by atoms with E-state index in [4.69, 9.17) is 4.74 Å². The van der Waals surface area contributed by atoms with E-state index in [1.165, 1.54) is 43.9 Å². The predicted molar refractivity (Wildman–Crippen MR) is 108 cm³/mol. The second-order valence-electron chi connectivity index (χ2n) is 6.96. The molecule has 0 saturated heterocycles. The number of ether oxygens (including phenoxy) is 1. The number of carbonyl (C=O) groups excluding carboxylic acids is 1. The predicted octanol–water partition coefficient (Wildman–Crippen LogP) is 2.83. The average Bonchev–Trinajstić information content (AvgIpc) is 2.71. The number of aromatic nitrogens is 2. The zero-order valence-corrected chi connectivity index (χ0v) is 16.6. The lowest BCUT2D eigenvalue weighted by atomic mass is 9.89. The molecular weight excluding hydrogens is 362 g/mol. The summed E-state index contributed by atoms with van der Waals surface area (Å²) in [5.74, 6) is 0.849. The molecule has 3 rings (SSSR count). The van der Waals surface area contributed by atoms with Crippen molar-refractivity contribution in [3.05, 3.63) is 34.6 Å². The first-order chi connectivity index (χ1) is 13.2. The van der Waals surface area contributed by atoms with Crippen LogP contribution in [0.2, 0.25) is 0 Å². The summed E-state index contributed by atoms with van der Waals surface area (Å²) in [6.45, 7) is 1.58. The molecule has 1 heterocycles. The molecule has 2 aromatic rings. The Kier molecular flexibility index (Phi) is 7.29. The second kappa shape index (κ2) is 9.90. The second-order valence-corrected chi connectivity index (χ2v) is 7.90. The number of hydrogen-bond donors (Lipinski definition) is 1. The van der Waals surface area contributed by atoms with Crippen LogP contribution in [0.4, 0.5) is 0 Å². The number of fused-ring (bicyclic) bond motifs is 1. The van der Waals surface area contributed by atoms with Crippen LogP contribution < -0.4 is 10.9 Å². The molecule has 1 aliphatic rings. The molecule has 1 aliphatic carbocycles. The summed E-state index contributed by atoms with van der Waals surface area (Å²) in [6.07, 6.45) is 6.25. The van der Waals surface area contributed by atoms with Crippen LogP contribution in [0.15, 0.2) is 34.2 Å². The fourth-order valence-electron chi connectivity index (χ4n) is 3.47. The molecule has 0 atom stereocenters. The molecule has 0 bridgehead atoms. The molecule has 1 saturated carbocycles. The zero-order chi connectivity index (χ0) is 19.1. The van der Waals surface area contributed by atoms with Crippen molar-refractivity contribution in [2.75, 3.05) is 26.0 Å². The van der Waals surface area contributed by atoms with Gasteiger partial charge in [0.2, 0.25) is 5.91 Å². The van der Waals surface area contributed by atoms with Crippen LogP contribution in [-0.2, 0) is 16.1 Å². The van der Waals surface area contributed by atoms with Gasteiger partial charge in [0, 0.05) is 13.7 Å².